The molecular weight excluding hydrogens is 427 g/mol. The molecule has 0 saturated carbocycles. The minimum absolute atomic E-state index is 0.0591. The highest BCUT2D eigenvalue weighted by atomic mass is 19.4. The molecule has 0 aliphatic carbocycles. The molecule has 2 fully saturated rings. The molecule has 2 aliphatic rings. The molecule has 3 atom stereocenters. The van der Waals surface area contributed by atoms with Gasteiger partial charge < -0.3 is 20.6 Å². The van der Waals surface area contributed by atoms with E-state index in [-0.39, 0.29) is 42.5 Å². The monoisotopic (exact) mass is 447 g/mol. The number of hydrogen-bond donors (Lipinski definition) is 3. The molecule has 10 heteroatoms. The fraction of sp³-hybridized carbons (Fsp3) is 0.318. The number of phenols is 1. The van der Waals surface area contributed by atoms with Gasteiger partial charge in [0.05, 0.1) is 5.56 Å². The zero-order valence-corrected chi connectivity index (χ0v) is 16.7. The van der Waals surface area contributed by atoms with Crippen molar-refractivity contribution < 1.29 is 32.7 Å². The van der Waals surface area contributed by atoms with Crippen molar-refractivity contribution in [3.05, 3.63) is 65.2 Å². The topological polar surface area (TPSA) is 98.7 Å². The molecule has 3 N–H and O–H groups in total. The summed E-state index contributed by atoms with van der Waals surface area (Å²) in [6.45, 7) is 0.134. The van der Waals surface area contributed by atoms with E-state index in [1.54, 1.807) is 12.1 Å². The molecular formula is C22H20F3N3O4. The largest absolute Gasteiger partial charge is 0.508 e. The maximum Gasteiger partial charge on any atom is 0.416 e. The number of fused-ring (bicyclic) bond motifs is 1. The van der Waals surface area contributed by atoms with Crippen molar-refractivity contribution >= 4 is 17.7 Å². The summed E-state index contributed by atoms with van der Waals surface area (Å²) in [6.07, 6.45) is -4.01. The van der Waals surface area contributed by atoms with Gasteiger partial charge in [-0.05, 0) is 48.4 Å². The quantitative estimate of drug-likeness (QED) is 0.666. The SMILES string of the molecule is O=C(N[C@H]1C[C@H]2C(=O)N[C@H](Cc3ccc(O)cc3)C(=O)N2C1)c1ccc(C(F)(F)F)cc1. The molecule has 4 rings (SSSR count). The number of phenolic OH excluding ortho intramolecular Hbond substituents is 1. The van der Waals surface area contributed by atoms with Crippen molar-refractivity contribution in [3.63, 3.8) is 0 Å². The van der Waals surface area contributed by atoms with E-state index in [1.807, 2.05) is 0 Å². The molecule has 2 aliphatic heterocycles. The molecule has 2 aromatic carbocycles. The maximum atomic E-state index is 12.9. The number of amides is 3. The smallest absolute Gasteiger partial charge is 0.416 e. The molecule has 0 spiro atoms. The van der Waals surface area contributed by atoms with E-state index in [1.165, 1.54) is 17.0 Å². The number of nitrogens with one attached hydrogen (secondary N) is 2. The van der Waals surface area contributed by atoms with E-state index in [0.717, 1.165) is 29.8 Å². The molecule has 2 heterocycles. The molecule has 0 aromatic heterocycles. The maximum absolute atomic E-state index is 12.9. The van der Waals surface area contributed by atoms with E-state index < -0.39 is 35.8 Å². The summed E-state index contributed by atoms with van der Waals surface area (Å²) in [6, 6.07) is 8.19. The predicted octanol–water partition coefficient (Wildman–Crippen LogP) is 1.85. The Kier molecular flexibility index (Phi) is 5.53. The van der Waals surface area contributed by atoms with Crippen molar-refractivity contribution in [3.8, 4) is 5.75 Å². The Bertz CT molecular complexity index is 1040. The summed E-state index contributed by atoms with van der Waals surface area (Å²) in [5.74, 6) is -1.07. The molecule has 0 unspecified atom stereocenters. The summed E-state index contributed by atoms with van der Waals surface area (Å²) >= 11 is 0. The lowest BCUT2D eigenvalue weighted by Gasteiger charge is -2.34. The number of carbonyl (C=O) groups excluding carboxylic acids is 3. The molecule has 2 aromatic rings. The summed E-state index contributed by atoms with van der Waals surface area (Å²) in [7, 11) is 0. The summed E-state index contributed by atoms with van der Waals surface area (Å²) in [5.41, 5.74) is -0.0240. The Hall–Kier alpha value is -3.56. The fourth-order valence-corrected chi connectivity index (χ4v) is 4.05. The van der Waals surface area contributed by atoms with E-state index in [2.05, 4.69) is 10.6 Å². The van der Waals surface area contributed by atoms with Crippen LogP contribution in [0.25, 0.3) is 0 Å². The van der Waals surface area contributed by atoms with Gasteiger partial charge in [-0.1, -0.05) is 12.1 Å². The lowest BCUT2D eigenvalue weighted by atomic mass is 10.0. The zero-order chi connectivity index (χ0) is 23.0. The molecule has 2 saturated heterocycles. The van der Waals surface area contributed by atoms with Gasteiger partial charge in [-0.2, -0.15) is 13.2 Å². The Morgan fingerprint density at radius 2 is 1.75 bits per heavy atom. The number of halogens is 3. The van der Waals surface area contributed by atoms with Gasteiger partial charge in [-0.25, -0.2) is 0 Å². The van der Waals surface area contributed by atoms with E-state index in [0.29, 0.717) is 0 Å². The van der Waals surface area contributed by atoms with Crippen molar-refractivity contribution in [1.82, 2.24) is 15.5 Å². The first kappa shape index (κ1) is 21.7. The first-order valence-corrected chi connectivity index (χ1v) is 9.98. The minimum atomic E-state index is -4.49. The van der Waals surface area contributed by atoms with Crippen LogP contribution in [0.1, 0.15) is 27.9 Å². The van der Waals surface area contributed by atoms with Gasteiger partial charge >= 0.3 is 6.18 Å². The van der Waals surface area contributed by atoms with Crippen molar-refractivity contribution in [2.75, 3.05) is 6.54 Å². The van der Waals surface area contributed by atoms with Crippen molar-refractivity contribution in [2.24, 2.45) is 0 Å². The normalized spacial score (nSPS) is 23.0. The summed E-state index contributed by atoms with van der Waals surface area (Å²) < 4.78 is 38.1. The number of benzene rings is 2. The average Bonchev–Trinajstić information content (AvgIpc) is 3.17. The molecule has 0 bridgehead atoms. The predicted molar refractivity (Wildman–Crippen MR) is 107 cm³/mol. The van der Waals surface area contributed by atoms with Crippen LogP contribution in [0.5, 0.6) is 5.75 Å². The highest BCUT2D eigenvalue weighted by Crippen LogP contribution is 2.29. The number of aromatic hydroxyl groups is 1. The van der Waals surface area contributed by atoms with Gasteiger partial charge in [-0.3, -0.25) is 14.4 Å². The first-order valence-electron chi connectivity index (χ1n) is 9.98. The van der Waals surface area contributed by atoms with E-state index in [9.17, 15) is 32.7 Å². The van der Waals surface area contributed by atoms with Crippen molar-refractivity contribution in [1.29, 1.82) is 0 Å². The van der Waals surface area contributed by atoms with Crippen LogP contribution in [-0.2, 0) is 22.2 Å². The minimum Gasteiger partial charge on any atom is -0.508 e. The second-order valence-electron chi connectivity index (χ2n) is 7.92. The number of nitrogens with zero attached hydrogens (tertiary/aromatic N) is 1. The van der Waals surface area contributed by atoms with Crippen LogP contribution < -0.4 is 10.6 Å². The molecule has 32 heavy (non-hydrogen) atoms. The third-order valence-electron chi connectivity index (χ3n) is 5.69. The highest BCUT2D eigenvalue weighted by Gasteiger charge is 2.46. The van der Waals surface area contributed by atoms with Crippen molar-refractivity contribution in [2.45, 2.75) is 37.1 Å². The first-order chi connectivity index (χ1) is 15.1. The lowest BCUT2D eigenvalue weighted by Crippen LogP contribution is -2.61. The number of carbonyl (C=O) groups is 3. The number of hydrogen-bond acceptors (Lipinski definition) is 4. The third-order valence-corrected chi connectivity index (χ3v) is 5.69. The van der Waals surface area contributed by atoms with Gasteiger partial charge in [0.15, 0.2) is 0 Å². The van der Waals surface area contributed by atoms with Crippen LogP contribution in [-0.4, -0.2) is 52.4 Å². The molecule has 168 valence electrons. The van der Waals surface area contributed by atoms with Gasteiger partial charge in [0.2, 0.25) is 11.8 Å². The summed E-state index contributed by atoms with van der Waals surface area (Å²) in [4.78, 5) is 39.3. The fourth-order valence-electron chi connectivity index (χ4n) is 4.05. The van der Waals surface area contributed by atoms with Crippen LogP contribution in [0, 0.1) is 0 Å². The van der Waals surface area contributed by atoms with Crippen LogP contribution in [0.4, 0.5) is 13.2 Å². The van der Waals surface area contributed by atoms with Crippen LogP contribution in [0.3, 0.4) is 0 Å². The number of piperazine rings is 1. The Morgan fingerprint density at radius 1 is 1.09 bits per heavy atom. The second-order valence-corrected chi connectivity index (χ2v) is 7.92. The standard InChI is InChI=1S/C22H20F3N3O4/c23-22(24,25)14-5-3-13(4-6-14)19(30)26-15-10-18-20(31)27-17(21(32)28(18)11-15)9-12-1-7-16(29)8-2-12/h1-8,15,17-18,29H,9-11H2,(H,26,30)(H,27,31)/t15-,17+,18-/m0/s1. The summed E-state index contributed by atoms with van der Waals surface area (Å²) in [5, 5.41) is 14.8. The zero-order valence-electron chi connectivity index (χ0n) is 16.7. The molecule has 0 radical (unpaired) electrons. The van der Waals surface area contributed by atoms with Gasteiger partial charge in [0.1, 0.15) is 17.8 Å². The Morgan fingerprint density at radius 3 is 2.38 bits per heavy atom. The average molecular weight is 447 g/mol. The number of rotatable bonds is 4. The van der Waals surface area contributed by atoms with Gasteiger partial charge in [0.25, 0.3) is 5.91 Å². The van der Waals surface area contributed by atoms with Crippen LogP contribution in [0.2, 0.25) is 0 Å². The van der Waals surface area contributed by atoms with E-state index in [4.69, 9.17) is 0 Å². The molecule has 7 nitrogen and oxygen atoms in total. The van der Waals surface area contributed by atoms with Crippen LogP contribution >= 0.6 is 0 Å². The van der Waals surface area contributed by atoms with E-state index >= 15 is 0 Å². The Labute approximate surface area is 181 Å². The third kappa shape index (κ3) is 4.39. The van der Waals surface area contributed by atoms with Gasteiger partial charge in [0, 0.05) is 24.6 Å². The highest BCUT2D eigenvalue weighted by molar-refractivity contribution is 5.98. The van der Waals surface area contributed by atoms with Gasteiger partial charge in [-0.15, -0.1) is 0 Å². The molecule has 3 amide bonds. The Balaban J connectivity index is 1.40. The van der Waals surface area contributed by atoms with Crippen LogP contribution in [0.15, 0.2) is 48.5 Å². The second kappa shape index (κ2) is 8.18. The lowest BCUT2D eigenvalue weighted by molar-refractivity contribution is -0.147. The number of alkyl halides is 3.